The van der Waals surface area contributed by atoms with Crippen LogP contribution < -0.4 is 5.32 Å². The molecule has 26 heavy (non-hydrogen) atoms. The minimum atomic E-state index is -0.0949. The second-order valence-corrected chi connectivity index (χ2v) is 8.22. The first-order valence-electron chi connectivity index (χ1n) is 9.87. The topological polar surface area (TPSA) is 44.8 Å². The van der Waals surface area contributed by atoms with Gasteiger partial charge in [-0.25, -0.2) is 0 Å². The van der Waals surface area contributed by atoms with E-state index in [-0.39, 0.29) is 11.9 Å². The number of anilines is 1. The van der Waals surface area contributed by atoms with Crippen molar-refractivity contribution in [3.05, 3.63) is 29.8 Å². The van der Waals surface area contributed by atoms with Crippen molar-refractivity contribution in [3.8, 4) is 0 Å². The van der Waals surface area contributed by atoms with E-state index in [0.717, 1.165) is 70.0 Å². The third kappa shape index (κ3) is 4.84. The average molecular weight is 360 g/mol. The summed E-state index contributed by atoms with van der Waals surface area (Å²) in [5.41, 5.74) is 2.36. The Bertz CT molecular complexity index is 605. The smallest absolute Gasteiger partial charge is 0.241 e. The monoisotopic (exact) mass is 359 g/mol. The van der Waals surface area contributed by atoms with Crippen molar-refractivity contribution in [1.82, 2.24) is 9.80 Å². The van der Waals surface area contributed by atoms with Gasteiger partial charge in [-0.3, -0.25) is 14.6 Å². The summed E-state index contributed by atoms with van der Waals surface area (Å²) in [5.74, 6) is 0.0936. The minimum Gasteiger partial charge on any atom is -0.379 e. The lowest BCUT2D eigenvalue weighted by Crippen LogP contribution is -2.51. The van der Waals surface area contributed by atoms with Gasteiger partial charge in [0.2, 0.25) is 5.91 Å². The van der Waals surface area contributed by atoms with Crippen LogP contribution in [0.4, 0.5) is 5.69 Å². The van der Waals surface area contributed by atoms with Crippen LogP contribution in [0.3, 0.4) is 0 Å². The maximum atomic E-state index is 12.7. The van der Waals surface area contributed by atoms with Crippen LogP contribution in [-0.4, -0.2) is 67.7 Å². The molecule has 1 unspecified atom stereocenters. The molecule has 0 bridgehead atoms. The van der Waals surface area contributed by atoms with Crippen molar-refractivity contribution >= 4 is 11.6 Å². The van der Waals surface area contributed by atoms with E-state index in [9.17, 15) is 4.79 Å². The molecular formula is C21H33N3O2. The molecule has 1 aromatic carbocycles. The fraction of sp³-hybridized carbons (Fsp3) is 0.667. The number of aryl methyl sites for hydroxylation is 1. The first-order valence-corrected chi connectivity index (χ1v) is 9.87. The molecule has 3 rings (SSSR count). The largest absolute Gasteiger partial charge is 0.379 e. The van der Waals surface area contributed by atoms with Gasteiger partial charge in [-0.1, -0.05) is 25.1 Å². The predicted octanol–water partition coefficient (Wildman–Crippen LogP) is 2.76. The highest BCUT2D eigenvalue weighted by Crippen LogP contribution is 2.33. The van der Waals surface area contributed by atoms with Gasteiger partial charge < -0.3 is 10.1 Å². The maximum Gasteiger partial charge on any atom is 0.241 e. The number of morpholine rings is 1. The van der Waals surface area contributed by atoms with Crippen molar-refractivity contribution in [1.29, 1.82) is 0 Å². The van der Waals surface area contributed by atoms with E-state index < -0.39 is 0 Å². The number of para-hydroxylation sites is 1. The van der Waals surface area contributed by atoms with Crippen LogP contribution in [0.25, 0.3) is 0 Å². The van der Waals surface area contributed by atoms with Gasteiger partial charge in [0.15, 0.2) is 0 Å². The standard InChI is InChI=1S/C21H33N3O2/c1-17-6-4-5-7-19(17)22-20(25)18(2)24-10-8-21(3,9-11-24)16-23-12-14-26-15-13-23/h4-7,18H,8-16H2,1-3H3,(H,22,25). The Hall–Kier alpha value is -1.43. The first-order chi connectivity index (χ1) is 12.5. The molecule has 2 aliphatic heterocycles. The van der Waals surface area contributed by atoms with Crippen LogP contribution in [0.5, 0.6) is 0 Å². The number of rotatable bonds is 5. The number of ether oxygens (including phenoxy) is 1. The number of hydrogen-bond acceptors (Lipinski definition) is 4. The lowest BCUT2D eigenvalue weighted by molar-refractivity contribution is -0.121. The fourth-order valence-electron chi connectivity index (χ4n) is 4.02. The third-order valence-corrected chi connectivity index (χ3v) is 6.04. The molecule has 2 aliphatic rings. The lowest BCUT2D eigenvalue weighted by atomic mass is 9.79. The van der Waals surface area contributed by atoms with Crippen LogP contribution in [0, 0.1) is 12.3 Å². The Balaban J connectivity index is 1.50. The van der Waals surface area contributed by atoms with Crippen LogP contribution in [-0.2, 0) is 9.53 Å². The molecule has 1 aromatic rings. The van der Waals surface area contributed by atoms with Crippen LogP contribution in [0.2, 0.25) is 0 Å². The molecule has 0 radical (unpaired) electrons. The highest BCUT2D eigenvalue weighted by Gasteiger charge is 2.35. The van der Waals surface area contributed by atoms with Crippen molar-refractivity contribution in [2.24, 2.45) is 5.41 Å². The summed E-state index contributed by atoms with van der Waals surface area (Å²) in [6.07, 6.45) is 2.29. The number of carbonyl (C=O) groups excluding carboxylic acids is 1. The van der Waals surface area contributed by atoms with Gasteiger partial charge in [0.05, 0.1) is 19.3 Å². The SMILES string of the molecule is Cc1ccccc1NC(=O)C(C)N1CCC(C)(CN2CCOCC2)CC1. The van der Waals surface area contributed by atoms with Crippen LogP contribution in [0.15, 0.2) is 24.3 Å². The molecular weight excluding hydrogens is 326 g/mol. The molecule has 0 saturated carbocycles. The zero-order chi connectivity index (χ0) is 18.6. The van der Waals surface area contributed by atoms with Crippen molar-refractivity contribution in [2.75, 3.05) is 51.3 Å². The summed E-state index contributed by atoms with van der Waals surface area (Å²) in [6.45, 7) is 13.4. The number of nitrogens with zero attached hydrogens (tertiary/aromatic N) is 2. The average Bonchev–Trinajstić information content (AvgIpc) is 2.64. The van der Waals surface area contributed by atoms with E-state index in [4.69, 9.17) is 4.74 Å². The molecule has 5 heteroatoms. The highest BCUT2D eigenvalue weighted by atomic mass is 16.5. The number of piperidine rings is 1. The lowest BCUT2D eigenvalue weighted by Gasteiger charge is -2.44. The summed E-state index contributed by atoms with van der Waals surface area (Å²) in [7, 11) is 0. The van der Waals surface area contributed by atoms with Gasteiger partial charge in [0, 0.05) is 25.3 Å². The number of likely N-dealkylation sites (tertiary alicyclic amines) is 1. The van der Waals surface area contributed by atoms with E-state index in [1.54, 1.807) is 0 Å². The molecule has 2 saturated heterocycles. The fourth-order valence-corrected chi connectivity index (χ4v) is 4.02. The van der Waals surface area contributed by atoms with E-state index >= 15 is 0 Å². The third-order valence-electron chi connectivity index (χ3n) is 6.04. The van der Waals surface area contributed by atoms with Crippen molar-refractivity contribution in [2.45, 2.75) is 39.7 Å². The Kier molecular flexibility index (Phi) is 6.33. The maximum absolute atomic E-state index is 12.7. The molecule has 1 atom stereocenters. The molecule has 2 fully saturated rings. The van der Waals surface area contributed by atoms with E-state index in [1.807, 2.05) is 38.1 Å². The zero-order valence-electron chi connectivity index (χ0n) is 16.5. The zero-order valence-corrected chi connectivity index (χ0v) is 16.5. The number of nitrogens with one attached hydrogen (secondary N) is 1. The van der Waals surface area contributed by atoms with E-state index in [1.165, 1.54) is 0 Å². The first kappa shape index (κ1) is 19.3. The molecule has 2 heterocycles. The predicted molar refractivity (Wildman–Crippen MR) is 105 cm³/mol. The molecule has 1 amide bonds. The van der Waals surface area contributed by atoms with Crippen molar-refractivity contribution in [3.63, 3.8) is 0 Å². The number of amides is 1. The van der Waals surface area contributed by atoms with Crippen LogP contribution >= 0.6 is 0 Å². The molecule has 0 spiro atoms. The Labute approximate surface area is 157 Å². The summed E-state index contributed by atoms with van der Waals surface area (Å²) in [6, 6.07) is 7.86. The van der Waals surface area contributed by atoms with Gasteiger partial charge in [0.25, 0.3) is 0 Å². The van der Waals surface area contributed by atoms with E-state index in [0.29, 0.717) is 5.41 Å². The van der Waals surface area contributed by atoms with Gasteiger partial charge in [-0.05, 0) is 56.8 Å². The molecule has 5 nitrogen and oxygen atoms in total. The Morgan fingerprint density at radius 3 is 2.50 bits per heavy atom. The van der Waals surface area contributed by atoms with Crippen molar-refractivity contribution < 1.29 is 9.53 Å². The Morgan fingerprint density at radius 2 is 1.85 bits per heavy atom. The van der Waals surface area contributed by atoms with E-state index in [2.05, 4.69) is 22.0 Å². The minimum absolute atomic E-state index is 0.0936. The number of carbonyl (C=O) groups is 1. The number of benzene rings is 1. The van der Waals surface area contributed by atoms with Crippen LogP contribution in [0.1, 0.15) is 32.3 Å². The quantitative estimate of drug-likeness (QED) is 0.878. The normalized spacial score (nSPS) is 22.7. The molecule has 144 valence electrons. The summed E-state index contributed by atoms with van der Waals surface area (Å²) in [5, 5.41) is 3.09. The second kappa shape index (κ2) is 8.51. The second-order valence-electron chi connectivity index (χ2n) is 8.22. The van der Waals surface area contributed by atoms with Gasteiger partial charge in [0.1, 0.15) is 0 Å². The number of hydrogen-bond donors (Lipinski definition) is 1. The van der Waals surface area contributed by atoms with Gasteiger partial charge in [-0.2, -0.15) is 0 Å². The van der Waals surface area contributed by atoms with Gasteiger partial charge >= 0.3 is 0 Å². The summed E-state index contributed by atoms with van der Waals surface area (Å²) < 4.78 is 5.46. The molecule has 1 N–H and O–H groups in total. The Morgan fingerprint density at radius 1 is 1.19 bits per heavy atom. The molecule has 0 aromatic heterocycles. The summed E-state index contributed by atoms with van der Waals surface area (Å²) >= 11 is 0. The molecule has 0 aliphatic carbocycles. The highest BCUT2D eigenvalue weighted by molar-refractivity contribution is 5.95. The van der Waals surface area contributed by atoms with Gasteiger partial charge in [-0.15, -0.1) is 0 Å². The summed E-state index contributed by atoms with van der Waals surface area (Å²) in [4.78, 5) is 17.5.